The third-order valence-electron chi connectivity index (χ3n) is 4.99. The molecule has 3 rings (SSSR count). The van der Waals surface area contributed by atoms with Crippen LogP contribution in [0.25, 0.3) is 0 Å². The molecule has 0 atom stereocenters. The lowest BCUT2D eigenvalue weighted by Gasteiger charge is -2.30. The van der Waals surface area contributed by atoms with Crippen molar-refractivity contribution in [1.29, 1.82) is 0 Å². The van der Waals surface area contributed by atoms with Gasteiger partial charge in [0.05, 0.1) is 12.6 Å². The summed E-state index contributed by atoms with van der Waals surface area (Å²) in [7, 11) is 0. The zero-order chi connectivity index (χ0) is 19.8. The summed E-state index contributed by atoms with van der Waals surface area (Å²) >= 11 is 0. The minimum atomic E-state index is -0.261. The van der Waals surface area contributed by atoms with Crippen molar-refractivity contribution < 1.29 is 14.7 Å². The number of hydrogen-bond donors (Lipinski definition) is 3. The Morgan fingerprint density at radius 3 is 2.29 bits per heavy atom. The van der Waals surface area contributed by atoms with Crippen molar-refractivity contribution in [3.05, 3.63) is 71.3 Å². The van der Waals surface area contributed by atoms with E-state index in [4.69, 9.17) is 0 Å². The number of nitrogens with zero attached hydrogens (tertiary/aromatic N) is 1. The molecule has 2 aromatic carbocycles. The molecule has 1 aliphatic heterocycles. The summed E-state index contributed by atoms with van der Waals surface area (Å²) < 4.78 is 0. The van der Waals surface area contributed by atoms with Crippen molar-refractivity contribution in [3.63, 3.8) is 0 Å². The molecule has 0 spiro atoms. The van der Waals surface area contributed by atoms with E-state index in [1.54, 1.807) is 24.3 Å². The topological polar surface area (TPSA) is 81.7 Å². The van der Waals surface area contributed by atoms with Gasteiger partial charge in [0.1, 0.15) is 0 Å². The maximum absolute atomic E-state index is 12.1. The second-order valence-electron chi connectivity index (χ2n) is 7.10. The van der Waals surface area contributed by atoms with Crippen molar-refractivity contribution >= 4 is 11.8 Å². The molecule has 3 N–H and O–H groups in total. The van der Waals surface area contributed by atoms with Crippen LogP contribution in [0.2, 0.25) is 0 Å². The third kappa shape index (κ3) is 5.90. The van der Waals surface area contributed by atoms with Crippen LogP contribution in [0, 0.1) is 0 Å². The molecule has 148 valence electrons. The smallest absolute Gasteiger partial charge is 0.251 e. The molecule has 0 radical (unpaired) electrons. The van der Waals surface area contributed by atoms with E-state index in [-0.39, 0.29) is 24.5 Å². The van der Waals surface area contributed by atoms with Crippen LogP contribution in [-0.4, -0.2) is 47.6 Å². The number of rotatable bonds is 7. The Bertz CT molecular complexity index is 787. The van der Waals surface area contributed by atoms with Crippen molar-refractivity contribution in [2.75, 3.05) is 19.6 Å². The molecule has 28 heavy (non-hydrogen) atoms. The van der Waals surface area contributed by atoms with Gasteiger partial charge in [0.15, 0.2) is 0 Å². The van der Waals surface area contributed by atoms with Crippen molar-refractivity contribution in [2.24, 2.45) is 0 Å². The van der Waals surface area contributed by atoms with Crippen LogP contribution in [0.15, 0.2) is 54.6 Å². The second kappa shape index (κ2) is 10.0. The van der Waals surface area contributed by atoms with E-state index >= 15 is 0 Å². The fourth-order valence-corrected chi connectivity index (χ4v) is 3.31. The minimum absolute atomic E-state index is 0.0556. The largest absolute Gasteiger partial charge is 0.393 e. The van der Waals surface area contributed by atoms with E-state index < -0.39 is 0 Å². The maximum Gasteiger partial charge on any atom is 0.251 e. The summed E-state index contributed by atoms with van der Waals surface area (Å²) in [6.45, 7) is 2.94. The summed E-state index contributed by atoms with van der Waals surface area (Å²) in [4.78, 5) is 26.5. The molecule has 1 fully saturated rings. The van der Waals surface area contributed by atoms with E-state index in [0.717, 1.165) is 38.0 Å². The number of aliphatic hydroxyl groups excluding tert-OH is 1. The van der Waals surface area contributed by atoms with Gasteiger partial charge in [-0.1, -0.05) is 42.5 Å². The number of nitrogens with one attached hydrogen (secondary N) is 2. The SMILES string of the molecule is O=C(CNC(=O)c1ccccc1)NCc1ccccc1CN1CCC(O)CC1. The highest BCUT2D eigenvalue weighted by atomic mass is 16.3. The van der Waals surface area contributed by atoms with Gasteiger partial charge in [0.2, 0.25) is 5.91 Å². The van der Waals surface area contributed by atoms with E-state index in [2.05, 4.69) is 21.6 Å². The quantitative estimate of drug-likeness (QED) is 0.682. The molecule has 0 aromatic heterocycles. The molecule has 0 saturated carbocycles. The second-order valence-corrected chi connectivity index (χ2v) is 7.10. The first kappa shape index (κ1) is 20.0. The number of benzene rings is 2. The zero-order valence-corrected chi connectivity index (χ0v) is 15.9. The predicted octanol–water partition coefficient (Wildman–Crippen LogP) is 1.69. The molecule has 2 amide bonds. The summed E-state index contributed by atoms with van der Waals surface area (Å²) in [6, 6.07) is 16.9. The molecular formula is C22H27N3O3. The van der Waals surface area contributed by atoms with Gasteiger partial charge in [0, 0.05) is 31.7 Å². The van der Waals surface area contributed by atoms with E-state index in [1.165, 1.54) is 5.56 Å². The highest BCUT2D eigenvalue weighted by molar-refractivity contribution is 5.96. The Morgan fingerprint density at radius 2 is 1.57 bits per heavy atom. The molecule has 0 bridgehead atoms. The van der Waals surface area contributed by atoms with Crippen molar-refractivity contribution in [2.45, 2.75) is 32.0 Å². The maximum atomic E-state index is 12.1. The van der Waals surface area contributed by atoms with E-state index in [9.17, 15) is 14.7 Å². The third-order valence-corrected chi connectivity index (χ3v) is 4.99. The molecule has 0 unspecified atom stereocenters. The van der Waals surface area contributed by atoms with Crippen LogP contribution in [0.4, 0.5) is 0 Å². The lowest BCUT2D eigenvalue weighted by molar-refractivity contribution is -0.120. The number of likely N-dealkylation sites (tertiary alicyclic amines) is 1. The molecule has 0 aliphatic carbocycles. The van der Waals surface area contributed by atoms with Crippen LogP contribution >= 0.6 is 0 Å². The molecule has 1 saturated heterocycles. The Hall–Kier alpha value is -2.70. The average Bonchev–Trinajstić information content (AvgIpc) is 2.73. The molecule has 6 nitrogen and oxygen atoms in total. The lowest BCUT2D eigenvalue weighted by Crippen LogP contribution is -2.37. The number of carbonyl (C=O) groups excluding carboxylic acids is 2. The molecule has 6 heteroatoms. The number of carbonyl (C=O) groups is 2. The number of piperidine rings is 1. The molecular weight excluding hydrogens is 354 g/mol. The fraction of sp³-hybridized carbons (Fsp3) is 0.364. The lowest BCUT2D eigenvalue weighted by atomic mass is 10.0. The fourth-order valence-electron chi connectivity index (χ4n) is 3.31. The first-order valence-corrected chi connectivity index (χ1v) is 9.69. The first-order chi connectivity index (χ1) is 13.6. The van der Waals surface area contributed by atoms with Crippen molar-refractivity contribution in [1.82, 2.24) is 15.5 Å². The average molecular weight is 381 g/mol. The Labute approximate surface area is 165 Å². The van der Waals surface area contributed by atoms with Crippen LogP contribution in [-0.2, 0) is 17.9 Å². The standard InChI is InChI=1S/C22H27N3O3/c26-20-10-12-25(13-11-20)16-19-9-5-4-8-18(19)14-23-21(27)15-24-22(28)17-6-2-1-3-7-17/h1-9,20,26H,10-16H2,(H,23,27)(H,24,28). The monoisotopic (exact) mass is 381 g/mol. The molecule has 1 heterocycles. The zero-order valence-electron chi connectivity index (χ0n) is 15.9. The summed E-state index contributed by atoms with van der Waals surface area (Å²) in [5.74, 6) is -0.483. The number of amides is 2. The highest BCUT2D eigenvalue weighted by Gasteiger charge is 2.18. The van der Waals surface area contributed by atoms with Crippen LogP contribution in [0.1, 0.15) is 34.3 Å². The molecule has 2 aromatic rings. The summed E-state index contributed by atoms with van der Waals surface area (Å²) in [5.41, 5.74) is 2.77. The van der Waals surface area contributed by atoms with Gasteiger partial charge in [-0.3, -0.25) is 14.5 Å². The van der Waals surface area contributed by atoms with Crippen LogP contribution in [0.5, 0.6) is 0 Å². The predicted molar refractivity (Wildman–Crippen MR) is 108 cm³/mol. The number of hydrogen-bond acceptors (Lipinski definition) is 4. The van der Waals surface area contributed by atoms with E-state index in [0.29, 0.717) is 12.1 Å². The normalized spacial score (nSPS) is 15.2. The highest BCUT2D eigenvalue weighted by Crippen LogP contribution is 2.16. The Morgan fingerprint density at radius 1 is 0.929 bits per heavy atom. The summed E-state index contributed by atoms with van der Waals surface area (Å²) in [6.07, 6.45) is 1.43. The van der Waals surface area contributed by atoms with Gasteiger partial charge in [-0.25, -0.2) is 0 Å². The Kier molecular flexibility index (Phi) is 7.17. The van der Waals surface area contributed by atoms with E-state index in [1.807, 2.05) is 24.3 Å². The van der Waals surface area contributed by atoms with Crippen LogP contribution in [0.3, 0.4) is 0 Å². The van der Waals surface area contributed by atoms with Gasteiger partial charge < -0.3 is 15.7 Å². The minimum Gasteiger partial charge on any atom is -0.393 e. The summed E-state index contributed by atoms with van der Waals surface area (Å²) in [5, 5.41) is 15.2. The molecule has 1 aliphatic rings. The first-order valence-electron chi connectivity index (χ1n) is 9.69. The van der Waals surface area contributed by atoms with Gasteiger partial charge in [-0.2, -0.15) is 0 Å². The van der Waals surface area contributed by atoms with Gasteiger partial charge in [-0.15, -0.1) is 0 Å². The van der Waals surface area contributed by atoms with Gasteiger partial charge in [-0.05, 0) is 36.1 Å². The van der Waals surface area contributed by atoms with Crippen LogP contribution < -0.4 is 10.6 Å². The van der Waals surface area contributed by atoms with Crippen molar-refractivity contribution in [3.8, 4) is 0 Å². The van der Waals surface area contributed by atoms with Gasteiger partial charge in [0.25, 0.3) is 5.91 Å². The number of aliphatic hydroxyl groups is 1. The Balaban J connectivity index is 1.47. The van der Waals surface area contributed by atoms with Gasteiger partial charge >= 0.3 is 0 Å².